The van der Waals surface area contributed by atoms with Crippen LogP contribution in [0, 0.1) is 0 Å². The summed E-state index contributed by atoms with van der Waals surface area (Å²) in [7, 11) is -7.21. The molecule has 0 amide bonds. The van der Waals surface area contributed by atoms with E-state index in [-0.39, 0.29) is 28.7 Å². The van der Waals surface area contributed by atoms with Gasteiger partial charge in [-0.25, -0.2) is 16.8 Å². The van der Waals surface area contributed by atoms with E-state index in [1.807, 2.05) is 0 Å². The van der Waals surface area contributed by atoms with E-state index in [0.717, 1.165) is 18.4 Å². The van der Waals surface area contributed by atoms with E-state index >= 15 is 0 Å². The highest BCUT2D eigenvalue weighted by Crippen LogP contribution is 2.27. The Morgan fingerprint density at radius 3 is 2.45 bits per heavy atom. The van der Waals surface area contributed by atoms with Crippen LogP contribution in [0.25, 0.3) is 0 Å². The summed E-state index contributed by atoms with van der Waals surface area (Å²) in [6.07, 6.45) is 0.993. The number of anilines is 1. The van der Waals surface area contributed by atoms with Crippen LogP contribution in [0.3, 0.4) is 0 Å². The minimum absolute atomic E-state index is 0.0123. The number of aromatic hydroxyl groups is 1. The Bertz CT molecular complexity index is 666. The Kier molecular flexibility index (Phi) is 5.37. The van der Waals surface area contributed by atoms with Gasteiger partial charge in [-0.2, -0.15) is 0 Å². The van der Waals surface area contributed by atoms with Crippen LogP contribution in [0.1, 0.15) is 6.92 Å². The van der Waals surface area contributed by atoms with Gasteiger partial charge in [0.15, 0.2) is 9.84 Å². The number of hydrogen-bond donors (Lipinski definition) is 2. The van der Waals surface area contributed by atoms with E-state index in [0.29, 0.717) is 6.61 Å². The van der Waals surface area contributed by atoms with Gasteiger partial charge in [0, 0.05) is 12.9 Å². The monoisotopic (exact) mass is 323 g/mol. The topological polar surface area (TPSA) is 110 Å². The van der Waals surface area contributed by atoms with Gasteiger partial charge in [0.2, 0.25) is 10.0 Å². The first-order valence-electron chi connectivity index (χ1n) is 5.77. The van der Waals surface area contributed by atoms with Gasteiger partial charge >= 0.3 is 0 Å². The lowest BCUT2D eigenvalue weighted by Gasteiger charge is -2.10. The predicted molar refractivity (Wildman–Crippen MR) is 75.1 cm³/mol. The second kappa shape index (κ2) is 6.42. The highest BCUT2D eigenvalue weighted by molar-refractivity contribution is 7.92. The van der Waals surface area contributed by atoms with Crippen LogP contribution < -0.4 is 4.72 Å². The van der Waals surface area contributed by atoms with Gasteiger partial charge in [-0.3, -0.25) is 4.72 Å². The van der Waals surface area contributed by atoms with Crippen LogP contribution in [0.15, 0.2) is 23.1 Å². The van der Waals surface area contributed by atoms with Gasteiger partial charge in [0.25, 0.3) is 0 Å². The molecule has 1 aromatic carbocycles. The molecule has 0 atom stereocenters. The molecule has 7 nitrogen and oxygen atoms in total. The summed E-state index contributed by atoms with van der Waals surface area (Å²) in [5.74, 6) is -0.638. The van der Waals surface area contributed by atoms with Crippen molar-refractivity contribution in [3.8, 4) is 5.75 Å². The van der Waals surface area contributed by atoms with Crippen LogP contribution in [0.4, 0.5) is 5.69 Å². The summed E-state index contributed by atoms with van der Waals surface area (Å²) in [4.78, 5) is -0.0854. The molecular weight excluding hydrogens is 306 g/mol. The maximum absolute atomic E-state index is 11.7. The molecule has 0 unspecified atom stereocenters. The Hall–Kier alpha value is -1.32. The van der Waals surface area contributed by atoms with Gasteiger partial charge in [-0.15, -0.1) is 0 Å². The Labute approximate surface area is 118 Å². The van der Waals surface area contributed by atoms with E-state index in [4.69, 9.17) is 4.74 Å². The highest BCUT2D eigenvalue weighted by Gasteiger charge is 2.16. The summed E-state index contributed by atoms with van der Waals surface area (Å²) in [6.45, 7) is 2.14. The van der Waals surface area contributed by atoms with Crippen molar-refractivity contribution in [2.24, 2.45) is 0 Å². The number of benzene rings is 1. The van der Waals surface area contributed by atoms with E-state index in [1.165, 1.54) is 6.07 Å². The lowest BCUT2D eigenvalue weighted by atomic mass is 10.3. The number of hydrogen-bond acceptors (Lipinski definition) is 6. The zero-order valence-electron chi connectivity index (χ0n) is 11.2. The van der Waals surface area contributed by atoms with E-state index in [1.54, 1.807) is 6.92 Å². The average molecular weight is 323 g/mol. The number of phenolic OH excluding ortho intramolecular Hbond substituents is 1. The van der Waals surface area contributed by atoms with Crippen molar-refractivity contribution in [2.75, 3.05) is 29.9 Å². The highest BCUT2D eigenvalue weighted by atomic mass is 32.2. The fourth-order valence-corrected chi connectivity index (χ4v) is 2.94. The first kappa shape index (κ1) is 16.7. The molecule has 0 bridgehead atoms. The maximum atomic E-state index is 11.7. The number of sulfonamides is 1. The number of rotatable bonds is 7. The summed E-state index contributed by atoms with van der Waals surface area (Å²) in [6, 6.07) is 3.39. The van der Waals surface area contributed by atoms with Crippen molar-refractivity contribution >= 4 is 25.5 Å². The number of sulfone groups is 1. The normalized spacial score (nSPS) is 12.3. The Morgan fingerprint density at radius 2 is 1.90 bits per heavy atom. The molecule has 2 N–H and O–H groups in total. The van der Waals surface area contributed by atoms with E-state index in [2.05, 4.69) is 4.72 Å². The molecule has 0 spiro atoms. The summed E-state index contributed by atoms with van der Waals surface area (Å²) in [5.41, 5.74) is -0.176. The average Bonchev–Trinajstić information content (AvgIpc) is 2.30. The standard InChI is InChI=1S/C11H17NO6S2/c1-3-18-6-7-20(16,17)12-10-8-9(19(2,14)15)4-5-11(10)13/h4-5,8,12-13H,3,6-7H2,1-2H3. The molecule has 9 heteroatoms. The lowest BCUT2D eigenvalue weighted by molar-refractivity contribution is 0.163. The number of ether oxygens (including phenoxy) is 1. The molecule has 1 rings (SSSR count). The fraction of sp³-hybridized carbons (Fsp3) is 0.455. The largest absolute Gasteiger partial charge is 0.506 e. The zero-order valence-corrected chi connectivity index (χ0v) is 12.8. The number of nitrogens with one attached hydrogen (secondary N) is 1. The third kappa shape index (κ3) is 4.99. The molecular formula is C11H17NO6S2. The van der Waals surface area contributed by atoms with Crippen molar-refractivity contribution in [3.05, 3.63) is 18.2 Å². The van der Waals surface area contributed by atoms with Gasteiger partial charge in [-0.05, 0) is 25.1 Å². The molecule has 0 saturated carbocycles. The van der Waals surface area contributed by atoms with Crippen LogP contribution in [-0.2, 0) is 24.6 Å². The van der Waals surface area contributed by atoms with Crippen LogP contribution in [-0.4, -0.2) is 47.2 Å². The maximum Gasteiger partial charge on any atom is 0.235 e. The molecule has 1 aromatic rings. The fourth-order valence-electron chi connectivity index (χ4n) is 1.36. The molecule has 0 saturated heterocycles. The zero-order chi connectivity index (χ0) is 15.4. The van der Waals surface area contributed by atoms with Crippen LogP contribution >= 0.6 is 0 Å². The lowest BCUT2D eigenvalue weighted by Crippen LogP contribution is -2.20. The van der Waals surface area contributed by atoms with Crippen molar-refractivity contribution in [1.29, 1.82) is 0 Å². The van der Waals surface area contributed by atoms with Gasteiger partial charge in [0.05, 0.1) is 22.9 Å². The van der Waals surface area contributed by atoms with E-state index < -0.39 is 19.9 Å². The molecule has 0 heterocycles. The predicted octanol–water partition coefficient (Wildman–Crippen LogP) is 0.574. The third-order valence-electron chi connectivity index (χ3n) is 2.36. The molecule has 0 fully saturated rings. The molecule has 0 aromatic heterocycles. The summed E-state index contributed by atoms with van der Waals surface area (Å²) < 4.78 is 53.3. The Balaban J connectivity index is 2.97. The molecule has 0 aliphatic carbocycles. The van der Waals surface area contributed by atoms with Crippen molar-refractivity contribution in [3.63, 3.8) is 0 Å². The van der Waals surface area contributed by atoms with Gasteiger partial charge in [-0.1, -0.05) is 0 Å². The van der Waals surface area contributed by atoms with E-state index in [9.17, 15) is 21.9 Å². The minimum Gasteiger partial charge on any atom is -0.506 e. The Morgan fingerprint density at radius 1 is 1.25 bits per heavy atom. The first-order chi connectivity index (χ1) is 9.15. The summed E-state index contributed by atoms with van der Waals surface area (Å²) >= 11 is 0. The van der Waals surface area contributed by atoms with Crippen LogP contribution in [0.2, 0.25) is 0 Å². The first-order valence-corrected chi connectivity index (χ1v) is 9.31. The SMILES string of the molecule is CCOCCS(=O)(=O)Nc1cc(S(C)(=O)=O)ccc1O. The quantitative estimate of drug-likeness (QED) is 0.561. The second-order valence-electron chi connectivity index (χ2n) is 4.07. The van der Waals surface area contributed by atoms with Crippen LogP contribution in [0.5, 0.6) is 5.75 Å². The molecule has 0 aliphatic rings. The van der Waals surface area contributed by atoms with Crippen molar-refractivity contribution in [1.82, 2.24) is 0 Å². The van der Waals surface area contributed by atoms with Crippen molar-refractivity contribution < 1.29 is 26.7 Å². The van der Waals surface area contributed by atoms with Crippen molar-refractivity contribution in [2.45, 2.75) is 11.8 Å². The van der Waals surface area contributed by atoms with Gasteiger partial charge < -0.3 is 9.84 Å². The third-order valence-corrected chi connectivity index (χ3v) is 4.71. The molecule has 0 aliphatic heterocycles. The second-order valence-corrected chi connectivity index (χ2v) is 7.93. The number of phenols is 1. The summed E-state index contributed by atoms with van der Waals surface area (Å²) in [5, 5.41) is 9.58. The smallest absolute Gasteiger partial charge is 0.235 e. The molecule has 114 valence electrons. The van der Waals surface area contributed by atoms with Gasteiger partial charge in [0.1, 0.15) is 5.75 Å². The minimum atomic E-state index is -3.72. The molecule has 0 radical (unpaired) electrons. The molecule has 20 heavy (non-hydrogen) atoms.